The molecule has 5 nitrogen and oxygen atoms in total. The molecule has 2 rings (SSSR count). The highest BCUT2D eigenvalue weighted by molar-refractivity contribution is 5.98. The van der Waals surface area contributed by atoms with Crippen LogP contribution < -0.4 is 0 Å². The molecule has 130 valence electrons. The quantitative estimate of drug-likeness (QED) is 0.722. The first kappa shape index (κ1) is 18.2. The second-order valence-corrected chi connectivity index (χ2v) is 6.04. The zero-order chi connectivity index (χ0) is 17.5. The van der Waals surface area contributed by atoms with Crippen LogP contribution in [0.2, 0.25) is 0 Å². The van der Waals surface area contributed by atoms with Crippen LogP contribution in [0.4, 0.5) is 0 Å². The Morgan fingerprint density at radius 1 is 1.08 bits per heavy atom. The smallest absolute Gasteiger partial charge is 0.245 e. The second-order valence-electron chi connectivity index (χ2n) is 6.04. The molecule has 0 spiro atoms. The number of carbonyl (C=O) groups is 3. The maximum absolute atomic E-state index is 12.5. The summed E-state index contributed by atoms with van der Waals surface area (Å²) in [7, 11) is 0. The van der Waals surface area contributed by atoms with Gasteiger partial charge in [0.05, 0.1) is 0 Å². The molecular weight excluding hydrogens is 304 g/mol. The van der Waals surface area contributed by atoms with Crippen LogP contribution in [0.5, 0.6) is 0 Å². The first-order valence-electron chi connectivity index (χ1n) is 8.75. The van der Waals surface area contributed by atoms with Crippen LogP contribution >= 0.6 is 0 Å². The van der Waals surface area contributed by atoms with Gasteiger partial charge < -0.3 is 9.80 Å². The third-order valence-electron chi connectivity index (χ3n) is 4.60. The van der Waals surface area contributed by atoms with Gasteiger partial charge in [-0.25, -0.2) is 0 Å². The van der Waals surface area contributed by atoms with E-state index in [9.17, 15) is 14.4 Å². The molecule has 2 amide bonds. The molecule has 1 unspecified atom stereocenters. The number of amides is 2. The molecule has 0 saturated carbocycles. The van der Waals surface area contributed by atoms with E-state index < -0.39 is 0 Å². The number of likely N-dealkylation sites (N-methyl/N-ethyl adjacent to an activating group) is 1. The zero-order valence-electron chi connectivity index (χ0n) is 14.5. The summed E-state index contributed by atoms with van der Waals surface area (Å²) in [5.41, 5.74) is 0.627. The molecule has 1 aliphatic heterocycles. The Balaban J connectivity index is 1.93. The third-order valence-corrected chi connectivity index (χ3v) is 4.60. The number of rotatable bonds is 7. The summed E-state index contributed by atoms with van der Waals surface area (Å²) in [5, 5.41) is 0. The third kappa shape index (κ3) is 4.22. The first-order chi connectivity index (χ1) is 11.6. The Hall–Kier alpha value is -2.17. The summed E-state index contributed by atoms with van der Waals surface area (Å²) in [4.78, 5) is 40.6. The number of benzene rings is 1. The highest BCUT2D eigenvalue weighted by Gasteiger charge is 2.35. The van der Waals surface area contributed by atoms with E-state index in [0.717, 1.165) is 6.42 Å². The van der Waals surface area contributed by atoms with Crippen LogP contribution in [0, 0.1) is 0 Å². The molecule has 0 aromatic heterocycles. The largest absolute Gasteiger partial charge is 0.341 e. The lowest BCUT2D eigenvalue weighted by molar-refractivity contribution is -0.143. The molecule has 1 atom stereocenters. The summed E-state index contributed by atoms with van der Waals surface area (Å²) in [6.45, 7) is 5.80. The van der Waals surface area contributed by atoms with E-state index in [0.29, 0.717) is 31.6 Å². The van der Waals surface area contributed by atoms with Crippen molar-refractivity contribution in [3.05, 3.63) is 35.9 Å². The predicted molar refractivity (Wildman–Crippen MR) is 92.7 cm³/mol. The molecule has 1 aromatic carbocycles. The van der Waals surface area contributed by atoms with Crippen molar-refractivity contribution < 1.29 is 14.4 Å². The SMILES string of the molecule is CCN(CC)C(=O)C1CCCN1C(=O)CCC(=O)c1ccccc1. The van der Waals surface area contributed by atoms with Crippen molar-refractivity contribution in [3.63, 3.8) is 0 Å². The van der Waals surface area contributed by atoms with Crippen LogP contribution in [-0.4, -0.2) is 53.1 Å². The summed E-state index contributed by atoms with van der Waals surface area (Å²) < 4.78 is 0. The number of hydrogen-bond acceptors (Lipinski definition) is 3. The molecule has 24 heavy (non-hydrogen) atoms. The summed E-state index contributed by atoms with van der Waals surface area (Å²) >= 11 is 0. The summed E-state index contributed by atoms with van der Waals surface area (Å²) in [6.07, 6.45) is 1.91. The van der Waals surface area contributed by atoms with E-state index in [2.05, 4.69) is 0 Å². The average Bonchev–Trinajstić information content (AvgIpc) is 3.11. The molecule has 0 radical (unpaired) electrons. The number of ketones is 1. The van der Waals surface area contributed by atoms with Gasteiger partial charge in [-0.15, -0.1) is 0 Å². The van der Waals surface area contributed by atoms with E-state index in [4.69, 9.17) is 0 Å². The average molecular weight is 330 g/mol. The van der Waals surface area contributed by atoms with Gasteiger partial charge in [-0.05, 0) is 26.7 Å². The van der Waals surface area contributed by atoms with E-state index in [-0.39, 0.29) is 36.5 Å². The lowest BCUT2D eigenvalue weighted by Crippen LogP contribution is -2.47. The number of hydrogen-bond donors (Lipinski definition) is 0. The van der Waals surface area contributed by atoms with E-state index in [1.807, 2.05) is 32.0 Å². The van der Waals surface area contributed by atoms with Gasteiger partial charge in [0.1, 0.15) is 6.04 Å². The van der Waals surface area contributed by atoms with Crippen molar-refractivity contribution in [2.75, 3.05) is 19.6 Å². The van der Waals surface area contributed by atoms with Gasteiger partial charge in [-0.1, -0.05) is 30.3 Å². The van der Waals surface area contributed by atoms with Crippen molar-refractivity contribution in [2.45, 2.75) is 45.6 Å². The molecular formula is C19H26N2O3. The minimum absolute atomic E-state index is 0.0280. The number of likely N-dealkylation sites (tertiary alicyclic amines) is 1. The Morgan fingerprint density at radius 2 is 1.75 bits per heavy atom. The Labute approximate surface area is 143 Å². The van der Waals surface area contributed by atoms with Crippen molar-refractivity contribution in [2.24, 2.45) is 0 Å². The topological polar surface area (TPSA) is 57.7 Å². The minimum atomic E-state index is -0.357. The lowest BCUT2D eigenvalue weighted by atomic mass is 10.1. The molecule has 1 fully saturated rings. The normalized spacial score (nSPS) is 16.9. The molecule has 0 N–H and O–H groups in total. The van der Waals surface area contributed by atoms with Gasteiger partial charge in [-0.2, -0.15) is 0 Å². The number of nitrogens with zero attached hydrogens (tertiary/aromatic N) is 2. The summed E-state index contributed by atoms with van der Waals surface area (Å²) in [6, 6.07) is 8.65. The number of Topliss-reactive ketones (excluding diaryl/α,β-unsaturated/α-hetero) is 1. The second kappa shape index (κ2) is 8.62. The molecule has 0 bridgehead atoms. The van der Waals surface area contributed by atoms with Gasteiger partial charge in [-0.3, -0.25) is 14.4 Å². The van der Waals surface area contributed by atoms with Crippen molar-refractivity contribution in [1.82, 2.24) is 9.80 Å². The van der Waals surface area contributed by atoms with Crippen LogP contribution in [-0.2, 0) is 9.59 Å². The zero-order valence-corrected chi connectivity index (χ0v) is 14.5. The van der Waals surface area contributed by atoms with Crippen molar-refractivity contribution in [1.29, 1.82) is 0 Å². The van der Waals surface area contributed by atoms with E-state index in [1.54, 1.807) is 21.9 Å². The highest BCUT2D eigenvalue weighted by atomic mass is 16.2. The molecule has 5 heteroatoms. The Bertz CT molecular complexity index is 582. The molecule has 1 saturated heterocycles. The minimum Gasteiger partial charge on any atom is -0.341 e. The molecule has 1 heterocycles. The predicted octanol–water partition coefficient (Wildman–Crippen LogP) is 2.51. The molecule has 1 aliphatic rings. The summed E-state index contributed by atoms with van der Waals surface area (Å²) in [5.74, 6) is -0.0997. The van der Waals surface area contributed by atoms with Crippen LogP contribution in [0.3, 0.4) is 0 Å². The molecule has 1 aromatic rings. The Morgan fingerprint density at radius 3 is 2.38 bits per heavy atom. The maximum atomic E-state index is 12.5. The van der Waals surface area contributed by atoms with Crippen LogP contribution in [0.15, 0.2) is 30.3 Å². The fraction of sp³-hybridized carbons (Fsp3) is 0.526. The lowest BCUT2D eigenvalue weighted by Gasteiger charge is -2.29. The van der Waals surface area contributed by atoms with Gasteiger partial charge >= 0.3 is 0 Å². The monoisotopic (exact) mass is 330 g/mol. The van der Waals surface area contributed by atoms with E-state index in [1.165, 1.54) is 0 Å². The standard InChI is InChI=1S/C19H26N2O3/c1-3-20(4-2)19(24)16-11-8-14-21(16)18(23)13-12-17(22)15-9-6-5-7-10-15/h5-7,9-10,16H,3-4,8,11-14H2,1-2H3. The van der Waals surface area contributed by atoms with Crippen molar-refractivity contribution in [3.8, 4) is 0 Å². The molecule has 0 aliphatic carbocycles. The highest BCUT2D eigenvalue weighted by Crippen LogP contribution is 2.21. The maximum Gasteiger partial charge on any atom is 0.245 e. The van der Waals surface area contributed by atoms with Crippen molar-refractivity contribution >= 4 is 17.6 Å². The fourth-order valence-corrected chi connectivity index (χ4v) is 3.20. The van der Waals surface area contributed by atoms with Crippen LogP contribution in [0.25, 0.3) is 0 Å². The van der Waals surface area contributed by atoms with Gasteiger partial charge in [0, 0.05) is 38.0 Å². The van der Waals surface area contributed by atoms with E-state index >= 15 is 0 Å². The van der Waals surface area contributed by atoms with Crippen LogP contribution in [0.1, 0.15) is 49.9 Å². The van der Waals surface area contributed by atoms with Gasteiger partial charge in [0.15, 0.2) is 5.78 Å². The van der Waals surface area contributed by atoms with Gasteiger partial charge in [0.2, 0.25) is 11.8 Å². The first-order valence-corrected chi connectivity index (χ1v) is 8.75. The number of carbonyl (C=O) groups excluding carboxylic acids is 3. The Kier molecular flexibility index (Phi) is 6.53. The fourth-order valence-electron chi connectivity index (χ4n) is 3.20. The van der Waals surface area contributed by atoms with Gasteiger partial charge in [0.25, 0.3) is 0 Å².